The smallest absolute Gasteiger partial charge is 0.415 e. The zero-order chi connectivity index (χ0) is 23.1. The van der Waals surface area contributed by atoms with Crippen molar-refractivity contribution in [3.63, 3.8) is 0 Å². The fourth-order valence-electron chi connectivity index (χ4n) is 1.51. The maximum atomic E-state index is 11.5. The Morgan fingerprint density at radius 1 is 0.933 bits per heavy atom. The Kier molecular flexibility index (Phi) is 12.0. The molecular formula is C17H22N4O9. The van der Waals surface area contributed by atoms with E-state index in [-0.39, 0.29) is 11.4 Å². The summed E-state index contributed by atoms with van der Waals surface area (Å²) in [5.74, 6) is -0.611. The van der Waals surface area contributed by atoms with Crippen LogP contribution < -0.4 is 21.3 Å². The van der Waals surface area contributed by atoms with Gasteiger partial charge in [-0.15, -0.1) is 0 Å². The Balaban J connectivity index is 0.000000890. The van der Waals surface area contributed by atoms with E-state index in [9.17, 15) is 24.0 Å². The molecule has 0 saturated heterocycles. The van der Waals surface area contributed by atoms with Crippen molar-refractivity contribution < 1.29 is 43.3 Å². The summed E-state index contributed by atoms with van der Waals surface area (Å²) >= 11 is 0. The fourth-order valence-corrected chi connectivity index (χ4v) is 1.51. The van der Waals surface area contributed by atoms with E-state index < -0.39 is 36.5 Å². The first-order chi connectivity index (χ1) is 14.1. The first kappa shape index (κ1) is 25.9. The largest absolute Gasteiger partial charge is 0.453 e. The van der Waals surface area contributed by atoms with Crippen molar-refractivity contribution in [1.82, 2.24) is 10.6 Å². The lowest BCUT2D eigenvalue weighted by molar-refractivity contribution is -0.158. The molecule has 1 aromatic rings. The van der Waals surface area contributed by atoms with Gasteiger partial charge in [0.05, 0.1) is 25.6 Å². The zero-order valence-corrected chi connectivity index (χ0v) is 16.4. The number of rotatable bonds is 4. The number of para-hydroxylation sites is 2. The van der Waals surface area contributed by atoms with Gasteiger partial charge in [0.25, 0.3) is 0 Å². The molecule has 0 radical (unpaired) electrons. The molecule has 13 nitrogen and oxygen atoms in total. The number of benzene rings is 1. The monoisotopic (exact) mass is 426 g/mol. The molecule has 13 heteroatoms. The normalized spacial score (nSPS) is 10.0. The highest BCUT2D eigenvalue weighted by atomic mass is 16.6. The molecule has 0 spiro atoms. The summed E-state index contributed by atoms with van der Waals surface area (Å²) in [7, 11) is 2.21. The van der Waals surface area contributed by atoms with Crippen LogP contribution >= 0.6 is 0 Å². The molecule has 0 fully saturated rings. The van der Waals surface area contributed by atoms with E-state index in [0.717, 1.165) is 20.3 Å². The van der Waals surface area contributed by atoms with Crippen LogP contribution in [0, 0.1) is 0 Å². The van der Waals surface area contributed by atoms with Gasteiger partial charge in [-0.2, -0.15) is 0 Å². The molecule has 0 aliphatic rings. The Morgan fingerprint density at radius 3 is 1.60 bits per heavy atom. The number of anilines is 2. The number of alkyl carbamates (subject to hydrolysis) is 2. The molecule has 0 aliphatic heterocycles. The maximum Gasteiger partial charge on any atom is 0.415 e. The first-order valence-electron chi connectivity index (χ1n) is 8.05. The summed E-state index contributed by atoms with van der Waals surface area (Å²) in [6.45, 7) is 4.48. The predicted molar refractivity (Wildman–Crippen MR) is 104 cm³/mol. The Bertz CT molecular complexity index is 729. The van der Waals surface area contributed by atoms with E-state index in [0.29, 0.717) is 0 Å². The van der Waals surface area contributed by atoms with Gasteiger partial charge in [-0.25, -0.2) is 34.6 Å². The quantitative estimate of drug-likeness (QED) is 0.206. The molecule has 0 aromatic heterocycles. The molecule has 0 aliphatic carbocycles. The summed E-state index contributed by atoms with van der Waals surface area (Å²) in [6.07, 6.45) is -1.93. The van der Waals surface area contributed by atoms with E-state index >= 15 is 0 Å². The van der Waals surface area contributed by atoms with Crippen molar-refractivity contribution in [2.24, 2.45) is 0 Å². The molecular weight excluding hydrogens is 404 g/mol. The highest BCUT2D eigenvalue weighted by molar-refractivity contribution is 6.04. The lowest BCUT2D eigenvalue weighted by Crippen LogP contribution is -2.36. The van der Waals surface area contributed by atoms with Gasteiger partial charge in [0.1, 0.15) is 0 Å². The molecule has 1 unspecified atom stereocenters. The standard InChI is InChI=1S/C12H14N4O6.C5H8O3/c1-21-11(19)15-9(17)13-7-5-3-4-6-8(7)14-10(18)16-12(20)22-2;1-3-5(7)8-4(2)6/h3-6H,1-2H3,(H2,13,15,17,19)(H2,14,16,18,20);3-4,6H,1H2,2H3. The van der Waals surface area contributed by atoms with Crippen LogP contribution in [0.2, 0.25) is 0 Å². The van der Waals surface area contributed by atoms with E-state index in [2.05, 4.69) is 31.4 Å². The third-order valence-electron chi connectivity index (χ3n) is 2.68. The minimum atomic E-state index is -1.04. The van der Waals surface area contributed by atoms with Gasteiger partial charge < -0.3 is 30.0 Å². The molecule has 1 rings (SSSR count). The minimum Gasteiger partial charge on any atom is -0.453 e. The molecule has 164 valence electrons. The number of methoxy groups -OCH3 is 2. The van der Waals surface area contributed by atoms with Crippen molar-refractivity contribution in [2.45, 2.75) is 13.2 Å². The minimum absolute atomic E-state index is 0.198. The third kappa shape index (κ3) is 11.6. The van der Waals surface area contributed by atoms with Crippen molar-refractivity contribution >= 4 is 41.6 Å². The van der Waals surface area contributed by atoms with E-state index in [1.807, 2.05) is 10.6 Å². The number of hydrogen-bond donors (Lipinski definition) is 5. The van der Waals surface area contributed by atoms with Crippen LogP contribution in [0.1, 0.15) is 6.92 Å². The van der Waals surface area contributed by atoms with Crippen LogP contribution in [0.15, 0.2) is 36.9 Å². The molecule has 1 aromatic carbocycles. The average molecular weight is 426 g/mol. The number of esters is 1. The summed E-state index contributed by atoms with van der Waals surface area (Å²) in [4.78, 5) is 55.0. The van der Waals surface area contributed by atoms with Gasteiger partial charge in [-0.05, 0) is 19.1 Å². The summed E-state index contributed by atoms with van der Waals surface area (Å²) < 4.78 is 12.7. The Morgan fingerprint density at radius 2 is 1.33 bits per heavy atom. The van der Waals surface area contributed by atoms with Crippen molar-refractivity contribution in [3.05, 3.63) is 36.9 Å². The van der Waals surface area contributed by atoms with Crippen LogP contribution in [0.25, 0.3) is 0 Å². The lowest BCUT2D eigenvalue weighted by atomic mass is 10.2. The molecule has 30 heavy (non-hydrogen) atoms. The van der Waals surface area contributed by atoms with Gasteiger partial charge in [0, 0.05) is 6.08 Å². The molecule has 6 amide bonds. The topological polar surface area (TPSA) is 181 Å². The number of hydrogen-bond acceptors (Lipinski definition) is 9. The fraction of sp³-hybridized carbons (Fsp3) is 0.235. The number of carbonyl (C=O) groups is 5. The molecule has 0 saturated carbocycles. The molecule has 0 heterocycles. The third-order valence-corrected chi connectivity index (χ3v) is 2.68. The number of ether oxygens (including phenoxy) is 3. The predicted octanol–water partition coefficient (Wildman–Crippen LogP) is 1.52. The highest BCUT2D eigenvalue weighted by Gasteiger charge is 2.13. The number of aliphatic hydroxyl groups excluding tert-OH is 1. The molecule has 5 N–H and O–H groups in total. The highest BCUT2D eigenvalue weighted by Crippen LogP contribution is 2.20. The Labute approximate surface area is 171 Å². The van der Waals surface area contributed by atoms with E-state index in [1.54, 1.807) is 12.1 Å². The lowest BCUT2D eigenvalue weighted by Gasteiger charge is -2.12. The average Bonchev–Trinajstić information content (AvgIpc) is 2.68. The summed E-state index contributed by atoms with van der Waals surface area (Å²) in [6, 6.07) is 4.44. The van der Waals surface area contributed by atoms with Crippen LogP contribution in [-0.2, 0) is 19.0 Å². The van der Waals surface area contributed by atoms with Crippen molar-refractivity contribution in [1.29, 1.82) is 0 Å². The van der Waals surface area contributed by atoms with Crippen molar-refractivity contribution in [3.8, 4) is 0 Å². The summed E-state index contributed by atoms with van der Waals surface area (Å²) in [5, 5.41) is 16.8. The molecule has 0 bridgehead atoms. The van der Waals surface area contributed by atoms with Crippen LogP contribution in [-0.4, -0.2) is 55.8 Å². The number of carbonyl (C=O) groups excluding carboxylic acids is 5. The first-order valence-corrected chi connectivity index (χ1v) is 8.05. The van der Waals surface area contributed by atoms with E-state index in [1.165, 1.54) is 19.1 Å². The number of nitrogens with one attached hydrogen (secondary N) is 4. The second kappa shape index (κ2) is 14.0. The molecule has 1 atom stereocenters. The summed E-state index contributed by atoms with van der Waals surface area (Å²) in [5.41, 5.74) is 0.396. The van der Waals surface area contributed by atoms with Gasteiger partial charge >= 0.3 is 30.2 Å². The second-order valence-corrected chi connectivity index (χ2v) is 4.93. The zero-order valence-electron chi connectivity index (χ0n) is 16.4. The second-order valence-electron chi connectivity index (χ2n) is 4.93. The van der Waals surface area contributed by atoms with Gasteiger partial charge in [-0.1, -0.05) is 18.7 Å². The van der Waals surface area contributed by atoms with E-state index in [4.69, 9.17) is 5.11 Å². The van der Waals surface area contributed by atoms with Crippen LogP contribution in [0.4, 0.5) is 30.6 Å². The Hall–Kier alpha value is -4.13. The van der Waals surface area contributed by atoms with Crippen molar-refractivity contribution in [2.75, 3.05) is 24.9 Å². The van der Waals surface area contributed by atoms with Gasteiger partial charge in [-0.3, -0.25) is 0 Å². The maximum absolute atomic E-state index is 11.5. The van der Waals surface area contributed by atoms with Crippen LogP contribution in [0.3, 0.4) is 0 Å². The number of urea groups is 2. The number of imide groups is 2. The van der Waals surface area contributed by atoms with Crippen LogP contribution in [0.5, 0.6) is 0 Å². The van der Waals surface area contributed by atoms with Gasteiger partial charge in [0.15, 0.2) is 6.29 Å². The SMILES string of the molecule is C=CC(=O)OC(C)O.COC(=O)NC(=O)Nc1ccccc1NC(=O)NC(=O)OC. The number of amides is 6. The number of aliphatic hydroxyl groups is 1. The van der Waals surface area contributed by atoms with Gasteiger partial charge in [0.2, 0.25) is 0 Å².